The molecule has 0 bridgehead atoms. The fraction of sp³-hybridized carbons (Fsp3) is 0. The summed E-state index contributed by atoms with van der Waals surface area (Å²) in [6.07, 6.45) is 0. The number of para-hydroxylation sites is 2. The summed E-state index contributed by atoms with van der Waals surface area (Å²) in [5.74, 6) is 1.91. The first-order valence-corrected chi connectivity index (χ1v) is 20.9. The molecule has 3 aromatic heterocycles. The van der Waals surface area contributed by atoms with Gasteiger partial charge in [-0.2, -0.15) is 0 Å². The molecule has 0 amide bonds. The van der Waals surface area contributed by atoms with Crippen LogP contribution in [0.5, 0.6) is 0 Å². The van der Waals surface area contributed by atoms with Gasteiger partial charge in [0.1, 0.15) is 0 Å². The minimum Gasteiger partial charge on any atom is -0.307 e. The molecule has 0 unspecified atom stereocenters. The second-order valence-electron chi connectivity index (χ2n) is 15.6. The number of hydrogen-bond acceptors (Lipinski definition) is 3. The van der Waals surface area contributed by atoms with Gasteiger partial charge >= 0.3 is 0 Å². The minimum atomic E-state index is 0.627. The first kappa shape index (κ1) is 35.5. The zero-order chi connectivity index (χ0) is 41.0. The summed E-state index contributed by atoms with van der Waals surface area (Å²) in [7, 11) is 0. The first-order valence-electron chi connectivity index (χ1n) is 20.9. The molecule has 0 spiro atoms. The van der Waals surface area contributed by atoms with Crippen LogP contribution in [0.15, 0.2) is 224 Å². The van der Waals surface area contributed by atoms with Gasteiger partial charge in [-0.3, -0.25) is 0 Å². The third kappa shape index (κ3) is 5.98. The monoisotopic (exact) mass is 791 g/mol. The molecule has 0 aliphatic heterocycles. The van der Waals surface area contributed by atoms with Crippen molar-refractivity contribution < 1.29 is 0 Å². The maximum absolute atomic E-state index is 5.02. The van der Waals surface area contributed by atoms with E-state index in [4.69, 9.17) is 15.0 Å². The number of fused-ring (bicyclic) bond motifs is 6. The van der Waals surface area contributed by atoms with E-state index < -0.39 is 0 Å². The van der Waals surface area contributed by atoms with E-state index in [-0.39, 0.29) is 0 Å². The molecule has 0 radical (unpaired) electrons. The molecule has 0 aliphatic carbocycles. The zero-order valence-electron chi connectivity index (χ0n) is 33.6. The molecule has 5 nitrogen and oxygen atoms in total. The van der Waals surface area contributed by atoms with Crippen molar-refractivity contribution in [3.05, 3.63) is 224 Å². The van der Waals surface area contributed by atoms with Crippen LogP contribution in [0.4, 0.5) is 0 Å². The highest BCUT2D eigenvalue weighted by molar-refractivity contribution is 6.16. The fourth-order valence-electron chi connectivity index (χ4n) is 9.05. The van der Waals surface area contributed by atoms with E-state index in [2.05, 4.69) is 173 Å². The summed E-state index contributed by atoms with van der Waals surface area (Å²) in [5, 5.41) is 4.82. The van der Waals surface area contributed by atoms with Crippen molar-refractivity contribution >= 4 is 43.6 Å². The predicted molar refractivity (Wildman–Crippen MR) is 256 cm³/mol. The van der Waals surface area contributed by atoms with E-state index >= 15 is 0 Å². The smallest absolute Gasteiger partial charge is 0.164 e. The van der Waals surface area contributed by atoms with Crippen molar-refractivity contribution in [2.45, 2.75) is 0 Å². The Hall–Kier alpha value is -8.41. The van der Waals surface area contributed by atoms with E-state index in [0.717, 1.165) is 50.1 Å². The summed E-state index contributed by atoms with van der Waals surface area (Å²) in [6, 6.07) is 79.5. The summed E-state index contributed by atoms with van der Waals surface area (Å²) in [5.41, 5.74) is 14.3. The molecule has 12 aromatic rings. The number of hydrogen-bond donors (Lipinski definition) is 0. The summed E-state index contributed by atoms with van der Waals surface area (Å²) in [4.78, 5) is 14.9. The van der Waals surface area contributed by atoms with Gasteiger partial charge in [-0.1, -0.05) is 164 Å². The normalized spacial score (nSPS) is 11.5. The Balaban J connectivity index is 1.06. The Labute approximate surface area is 358 Å². The lowest BCUT2D eigenvalue weighted by Crippen LogP contribution is -2.02. The number of aromatic nitrogens is 5. The molecule has 0 aliphatic rings. The van der Waals surface area contributed by atoms with E-state index in [9.17, 15) is 0 Å². The summed E-state index contributed by atoms with van der Waals surface area (Å²) >= 11 is 0. The van der Waals surface area contributed by atoms with Crippen molar-refractivity contribution in [1.29, 1.82) is 0 Å². The SMILES string of the molecule is c1ccc(-c2ccc3c(c2)c2cc(-c4ccccc4)ccc2n3-c2cccc3c4ccccc4n(-c4ccc(-c5nc(-c6ccccc6)nc(-c6ccccc6)n5)cc4)c23)cc1. The van der Waals surface area contributed by atoms with Crippen LogP contribution in [-0.2, 0) is 0 Å². The summed E-state index contributed by atoms with van der Waals surface area (Å²) in [6.45, 7) is 0. The minimum absolute atomic E-state index is 0.627. The van der Waals surface area contributed by atoms with Crippen LogP contribution in [0.3, 0.4) is 0 Å². The molecule has 0 saturated carbocycles. The van der Waals surface area contributed by atoms with Crippen molar-refractivity contribution in [3.8, 4) is 67.8 Å². The second-order valence-corrected chi connectivity index (χ2v) is 15.6. The Morgan fingerprint density at radius 1 is 0.258 bits per heavy atom. The van der Waals surface area contributed by atoms with E-state index in [1.54, 1.807) is 0 Å². The molecule has 0 fully saturated rings. The molecule has 0 saturated heterocycles. The second kappa shape index (κ2) is 14.7. The average Bonchev–Trinajstić information content (AvgIpc) is 3.87. The van der Waals surface area contributed by atoms with Crippen molar-refractivity contribution in [3.63, 3.8) is 0 Å². The van der Waals surface area contributed by atoms with E-state index in [1.807, 2.05) is 60.7 Å². The van der Waals surface area contributed by atoms with Crippen molar-refractivity contribution in [2.75, 3.05) is 0 Å². The third-order valence-electron chi connectivity index (χ3n) is 12.0. The van der Waals surface area contributed by atoms with Crippen LogP contribution >= 0.6 is 0 Å². The van der Waals surface area contributed by atoms with Crippen LogP contribution in [-0.4, -0.2) is 24.1 Å². The highest BCUT2D eigenvalue weighted by Crippen LogP contribution is 2.42. The fourth-order valence-corrected chi connectivity index (χ4v) is 9.05. The van der Waals surface area contributed by atoms with Crippen LogP contribution in [0, 0.1) is 0 Å². The molecule has 12 rings (SSSR count). The predicted octanol–water partition coefficient (Wildman–Crippen LogP) is 14.4. The number of benzene rings is 9. The Kier molecular flexibility index (Phi) is 8.42. The average molecular weight is 792 g/mol. The van der Waals surface area contributed by atoms with Gasteiger partial charge in [-0.05, 0) is 82.9 Å². The van der Waals surface area contributed by atoms with Gasteiger partial charge in [0, 0.05) is 43.9 Å². The topological polar surface area (TPSA) is 48.5 Å². The maximum Gasteiger partial charge on any atom is 0.164 e. The lowest BCUT2D eigenvalue weighted by molar-refractivity contribution is 1.07. The lowest BCUT2D eigenvalue weighted by Gasteiger charge is -2.15. The zero-order valence-corrected chi connectivity index (χ0v) is 33.6. The first-order chi connectivity index (χ1) is 30.7. The number of nitrogens with zero attached hydrogens (tertiary/aromatic N) is 5. The quantitative estimate of drug-likeness (QED) is 0.162. The Morgan fingerprint density at radius 2 is 0.661 bits per heavy atom. The molecule has 9 aromatic carbocycles. The molecule has 0 N–H and O–H groups in total. The lowest BCUT2D eigenvalue weighted by atomic mass is 10.0. The standard InChI is InChI=1S/C57H37N5/c1-5-16-38(17-6-1)43-30-34-51-48(36-43)49-37-44(39-18-7-2-8-19-39)31-35-52(49)62(51)53-27-15-25-47-46-24-13-14-26-50(46)61(54(47)53)45-32-28-42(29-33-45)57-59-55(40-20-9-3-10-21-40)58-56(60-57)41-22-11-4-12-23-41/h1-37H. The molecule has 62 heavy (non-hydrogen) atoms. The van der Waals surface area contributed by atoms with Crippen LogP contribution in [0.1, 0.15) is 0 Å². The molecule has 3 heterocycles. The van der Waals surface area contributed by atoms with Crippen LogP contribution in [0.2, 0.25) is 0 Å². The van der Waals surface area contributed by atoms with Crippen molar-refractivity contribution in [2.24, 2.45) is 0 Å². The molecule has 290 valence electrons. The highest BCUT2D eigenvalue weighted by Gasteiger charge is 2.21. The van der Waals surface area contributed by atoms with Gasteiger partial charge in [-0.15, -0.1) is 0 Å². The molecule has 5 heteroatoms. The van der Waals surface area contributed by atoms with Gasteiger partial charge in [0.25, 0.3) is 0 Å². The van der Waals surface area contributed by atoms with Crippen molar-refractivity contribution in [1.82, 2.24) is 24.1 Å². The molecular formula is C57H37N5. The van der Waals surface area contributed by atoms with Gasteiger partial charge in [-0.25, -0.2) is 15.0 Å². The van der Waals surface area contributed by atoms with Crippen LogP contribution < -0.4 is 0 Å². The molecule has 0 atom stereocenters. The highest BCUT2D eigenvalue weighted by atomic mass is 15.1. The van der Waals surface area contributed by atoms with Gasteiger partial charge in [0.15, 0.2) is 17.5 Å². The Bertz CT molecular complexity index is 3440. The largest absolute Gasteiger partial charge is 0.307 e. The van der Waals surface area contributed by atoms with E-state index in [1.165, 1.54) is 43.8 Å². The van der Waals surface area contributed by atoms with Crippen LogP contribution in [0.25, 0.3) is 111 Å². The summed E-state index contributed by atoms with van der Waals surface area (Å²) < 4.78 is 4.87. The maximum atomic E-state index is 5.02. The Morgan fingerprint density at radius 3 is 1.18 bits per heavy atom. The molecular weight excluding hydrogens is 755 g/mol. The number of rotatable bonds is 7. The van der Waals surface area contributed by atoms with Gasteiger partial charge < -0.3 is 9.13 Å². The van der Waals surface area contributed by atoms with E-state index in [0.29, 0.717) is 17.5 Å². The van der Waals surface area contributed by atoms with Gasteiger partial charge in [0.05, 0.1) is 27.8 Å². The third-order valence-corrected chi connectivity index (χ3v) is 12.0. The van der Waals surface area contributed by atoms with Gasteiger partial charge in [0.2, 0.25) is 0 Å².